The zero-order valence-electron chi connectivity index (χ0n) is 12.6. The molecule has 104 valence electrons. The molecule has 0 bridgehead atoms. The van der Waals surface area contributed by atoms with Gasteiger partial charge in [0.2, 0.25) is 0 Å². The largest absolute Gasteiger partial charge is 0.416 e. The van der Waals surface area contributed by atoms with E-state index in [1.165, 1.54) is 4.90 Å². The molecule has 0 fully saturated rings. The van der Waals surface area contributed by atoms with E-state index in [2.05, 4.69) is 51.9 Å². The van der Waals surface area contributed by atoms with Crippen LogP contribution >= 0.6 is 11.8 Å². The molecule has 1 aromatic rings. The van der Waals surface area contributed by atoms with Crippen molar-refractivity contribution < 1.29 is 4.43 Å². The Kier molecular flexibility index (Phi) is 5.73. The van der Waals surface area contributed by atoms with Gasteiger partial charge in [0.1, 0.15) is 0 Å². The molecule has 1 nitrogen and oxygen atoms in total. The molecule has 0 aliphatic carbocycles. The molecule has 0 spiro atoms. The number of rotatable bonds is 5. The molecule has 0 atom stereocenters. The van der Waals surface area contributed by atoms with Crippen molar-refractivity contribution in [2.75, 3.05) is 12.4 Å². The standard InChI is InChI=1S/C16H24OSSi/c1-7-14-8-10-15(11-9-14)18-13-12-17-19(5,6)16(2,3)4/h1,8-11H,12-13H2,2-6H3. The summed E-state index contributed by atoms with van der Waals surface area (Å²) in [6.45, 7) is 12.2. The molecule has 1 aromatic carbocycles. The van der Waals surface area contributed by atoms with Crippen molar-refractivity contribution in [1.82, 2.24) is 0 Å². The zero-order valence-corrected chi connectivity index (χ0v) is 14.4. The predicted octanol–water partition coefficient (Wildman–Crippen LogP) is 4.78. The van der Waals surface area contributed by atoms with Gasteiger partial charge in [0, 0.05) is 22.8 Å². The Morgan fingerprint density at radius 2 is 1.79 bits per heavy atom. The smallest absolute Gasteiger partial charge is 0.192 e. The summed E-state index contributed by atoms with van der Waals surface area (Å²) < 4.78 is 6.15. The monoisotopic (exact) mass is 292 g/mol. The molecular weight excluding hydrogens is 268 g/mol. The van der Waals surface area contributed by atoms with Crippen molar-refractivity contribution in [3.8, 4) is 12.3 Å². The van der Waals surface area contributed by atoms with Gasteiger partial charge in [0.05, 0.1) is 0 Å². The summed E-state index contributed by atoms with van der Waals surface area (Å²) in [6, 6.07) is 8.12. The molecule has 0 aliphatic rings. The predicted molar refractivity (Wildman–Crippen MR) is 88.3 cm³/mol. The molecule has 0 amide bonds. The summed E-state index contributed by atoms with van der Waals surface area (Å²) in [4.78, 5) is 1.25. The van der Waals surface area contributed by atoms with Crippen LogP contribution in [0.25, 0.3) is 0 Å². The van der Waals surface area contributed by atoms with Gasteiger partial charge < -0.3 is 4.43 Å². The lowest BCUT2D eigenvalue weighted by atomic mass is 10.2. The third-order valence-corrected chi connectivity index (χ3v) is 9.16. The van der Waals surface area contributed by atoms with Crippen LogP contribution in [0, 0.1) is 12.3 Å². The molecule has 0 aliphatic heterocycles. The third-order valence-electron chi connectivity index (χ3n) is 3.64. The Bertz CT molecular complexity index is 437. The molecule has 0 heterocycles. The zero-order chi connectivity index (χ0) is 14.5. The van der Waals surface area contributed by atoms with Crippen LogP contribution < -0.4 is 0 Å². The van der Waals surface area contributed by atoms with Gasteiger partial charge in [-0.1, -0.05) is 26.7 Å². The van der Waals surface area contributed by atoms with E-state index in [9.17, 15) is 0 Å². The molecule has 0 aromatic heterocycles. The van der Waals surface area contributed by atoms with E-state index in [1.807, 2.05) is 23.9 Å². The SMILES string of the molecule is C#Cc1ccc(SCCO[Si](C)(C)C(C)(C)C)cc1. The highest BCUT2D eigenvalue weighted by atomic mass is 32.2. The third kappa shape index (κ3) is 5.06. The van der Waals surface area contributed by atoms with Gasteiger partial charge in [-0.25, -0.2) is 0 Å². The van der Waals surface area contributed by atoms with Crippen LogP contribution in [0.4, 0.5) is 0 Å². The van der Waals surface area contributed by atoms with Gasteiger partial charge in [0.25, 0.3) is 0 Å². The Morgan fingerprint density at radius 1 is 1.21 bits per heavy atom. The lowest BCUT2D eigenvalue weighted by molar-refractivity contribution is 0.311. The number of hydrogen-bond acceptors (Lipinski definition) is 2. The fraction of sp³-hybridized carbons (Fsp3) is 0.500. The first-order chi connectivity index (χ1) is 8.76. The molecule has 1 rings (SSSR count). The van der Waals surface area contributed by atoms with Crippen LogP contribution in [-0.2, 0) is 4.43 Å². The van der Waals surface area contributed by atoms with Crippen molar-refractivity contribution in [2.45, 2.75) is 43.8 Å². The molecule has 0 N–H and O–H groups in total. The van der Waals surface area contributed by atoms with Crippen LogP contribution in [0.3, 0.4) is 0 Å². The van der Waals surface area contributed by atoms with Crippen molar-refractivity contribution in [1.29, 1.82) is 0 Å². The van der Waals surface area contributed by atoms with E-state index in [0.29, 0.717) is 0 Å². The Hall–Kier alpha value is -0.693. The lowest BCUT2D eigenvalue weighted by Gasteiger charge is -2.36. The number of terminal acetylenes is 1. The molecular formula is C16H24OSSi. The van der Waals surface area contributed by atoms with E-state index in [0.717, 1.165) is 17.9 Å². The van der Waals surface area contributed by atoms with Crippen LogP contribution in [-0.4, -0.2) is 20.7 Å². The minimum Gasteiger partial charge on any atom is -0.416 e. The van der Waals surface area contributed by atoms with E-state index in [-0.39, 0.29) is 5.04 Å². The summed E-state index contributed by atoms with van der Waals surface area (Å²) in [7, 11) is -1.60. The van der Waals surface area contributed by atoms with E-state index in [4.69, 9.17) is 10.8 Å². The normalized spacial score (nSPS) is 12.2. The fourth-order valence-electron chi connectivity index (χ4n) is 1.32. The first kappa shape index (κ1) is 16.4. The second kappa shape index (κ2) is 6.65. The average molecular weight is 293 g/mol. The molecule has 0 saturated heterocycles. The van der Waals surface area contributed by atoms with Gasteiger partial charge in [-0.3, -0.25) is 0 Å². The minimum atomic E-state index is -1.60. The van der Waals surface area contributed by atoms with Gasteiger partial charge >= 0.3 is 0 Å². The maximum Gasteiger partial charge on any atom is 0.192 e. The van der Waals surface area contributed by atoms with Gasteiger partial charge in [-0.05, 0) is 42.4 Å². The summed E-state index contributed by atoms with van der Waals surface area (Å²) in [5, 5.41) is 0.284. The molecule has 0 radical (unpaired) electrons. The van der Waals surface area contributed by atoms with E-state index in [1.54, 1.807) is 0 Å². The van der Waals surface area contributed by atoms with Crippen LogP contribution in [0.2, 0.25) is 18.1 Å². The first-order valence-corrected chi connectivity index (χ1v) is 10.5. The minimum absolute atomic E-state index is 0.284. The molecule has 0 unspecified atom stereocenters. The maximum atomic E-state index is 6.15. The summed E-state index contributed by atoms with van der Waals surface area (Å²) in [5.74, 6) is 3.62. The fourth-order valence-corrected chi connectivity index (χ4v) is 3.24. The second-order valence-electron chi connectivity index (χ2n) is 6.13. The first-order valence-electron chi connectivity index (χ1n) is 6.60. The Morgan fingerprint density at radius 3 is 2.26 bits per heavy atom. The average Bonchev–Trinajstić information content (AvgIpc) is 2.34. The molecule has 19 heavy (non-hydrogen) atoms. The highest BCUT2D eigenvalue weighted by molar-refractivity contribution is 7.99. The summed E-state index contributed by atoms with van der Waals surface area (Å²) in [5.41, 5.74) is 0.932. The van der Waals surface area contributed by atoms with Crippen LogP contribution in [0.5, 0.6) is 0 Å². The maximum absolute atomic E-state index is 6.15. The highest BCUT2D eigenvalue weighted by Crippen LogP contribution is 2.36. The Balaban J connectivity index is 2.37. The number of thioether (sulfide) groups is 1. The quantitative estimate of drug-likeness (QED) is 0.334. The Labute approximate surface area is 123 Å². The van der Waals surface area contributed by atoms with Crippen molar-refractivity contribution >= 4 is 20.1 Å². The van der Waals surface area contributed by atoms with Crippen LogP contribution in [0.15, 0.2) is 29.2 Å². The second-order valence-corrected chi connectivity index (χ2v) is 12.1. The highest BCUT2D eigenvalue weighted by Gasteiger charge is 2.36. The summed E-state index contributed by atoms with van der Waals surface area (Å²) in [6.07, 6.45) is 5.34. The lowest BCUT2D eigenvalue weighted by Crippen LogP contribution is -2.41. The van der Waals surface area contributed by atoms with Gasteiger partial charge in [0.15, 0.2) is 8.32 Å². The van der Waals surface area contributed by atoms with Gasteiger partial charge in [-0.15, -0.1) is 18.2 Å². The van der Waals surface area contributed by atoms with Crippen LogP contribution in [0.1, 0.15) is 26.3 Å². The molecule has 3 heteroatoms. The molecule has 0 saturated carbocycles. The van der Waals surface area contributed by atoms with E-state index >= 15 is 0 Å². The topological polar surface area (TPSA) is 9.23 Å². The van der Waals surface area contributed by atoms with Gasteiger partial charge in [-0.2, -0.15) is 0 Å². The van der Waals surface area contributed by atoms with Crippen molar-refractivity contribution in [3.63, 3.8) is 0 Å². The number of benzene rings is 1. The van der Waals surface area contributed by atoms with Crippen molar-refractivity contribution in [2.24, 2.45) is 0 Å². The summed E-state index contributed by atoms with van der Waals surface area (Å²) >= 11 is 1.82. The van der Waals surface area contributed by atoms with E-state index < -0.39 is 8.32 Å². The number of hydrogen-bond donors (Lipinski definition) is 0. The van der Waals surface area contributed by atoms with Crippen molar-refractivity contribution in [3.05, 3.63) is 29.8 Å².